The van der Waals surface area contributed by atoms with Crippen molar-refractivity contribution in [1.82, 2.24) is 0 Å². The predicted molar refractivity (Wildman–Crippen MR) is 148 cm³/mol. The van der Waals surface area contributed by atoms with E-state index < -0.39 is 10.4 Å². The molecule has 0 aliphatic rings. The quantitative estimate of drug-likeness (QED) is 0.0654. The van der Waals surface area contributed by atoms with Gasteiger partial charge in [-0.15, -0.1) is 0 Å². The van der Waals surface area contributed by atoms with Crippen LogP contribution < -0.4 is 0 Å². The minimum Gasteiger partial charge on any atom is -0.726 e. The van der Waals surface area contributed by atoms with Crippen molar-refractivity contribution in [2.75, 3.05) is 27.3 Å². The molecule has 0 spiro atoms. The third kappa shape index (κ3) is 20.5. The smallest absolute Gasteiger partial charge is 0.217 e. The van der Waals surface area contributed by atoms with Crippen molar-refractivity contribution in [3.8, 4) is 0 Å². The second-order valence-electron chi connectivity index (χ2n) is 10.3. The number of aliphatic hydroxyl groups excluding tert-OH is 1. The molecule has 0 heterocycles. The molecule has 1 N–H and O–H groups in total. The van der Waals surface area contributed by atoms with Gasteiger partial charge in [-0.25, -0.2) is 8.42 Å². The Bertz CT molecular complexity index is 515. The SMILES string of the molecule is CCCCCCCCCC(CC)[N+](C)(CCO)C(CC)CCCCCCCCC.COS(=O)(=O)[O-]. The fourth-order valence-corrected chi connectivity index (χ4v) is 5.39. The molecule has 0 aliphatic heterocycles. The van der Waals surface area contributed by atoms with Gasteiger partial charge in [0, 0.05) is 0 Å². The topological polar surface area (TPSA) is 86.7 Å². The highest BCUT2D eigenvalue weighted by Crippen LogP contribution is 2.29. The number of aliphatic hydroxyl groups is 1. The lowest BCUT2D eigenvalue weighted by Crippen LogP contribution is -2.59. The Kier molecular flexibility index (Phi) is 25.5. The summed E-state index contributed by atoms with van der Waals surface area (Å²) < 4.78 is 32.1. The molecule has 0 saturated heterocycles. The normalized spacial score (nSPS) is 15.2. The number of quaternary nitrogens is 1. The maximum Gasteiger partial charge on any atom is 0.217 e. The van der Waals surface area contributed by atoms with E-state index in [0.29, 0.717) is 18.7 Å². The Morgan fingerprint density at radius 1 is 0.714 bits per heavy atom. The monoisotopic (exact) mass is 523 g/mol. The van der Waals surface area contributed by atoms with Crippen LogP contribution in [0.5, 0.6) is 0 Å². The van der Waals surface area contributed by atoms with Crippen LogP contribution in [-0.2, 0) is 14.6 Å². The van der Waals surface area contributed by atoms with Gasteiger partial charge in [0.2, 0.25) is 10.4 Å². The minimum atomic E-state index is -4.41. The number of unbranched alkanes of at least 4 members (excludes halogenated alkanes) is 12. The summed E-state index contributed by atoms with van der Waals surface area (Å²) in [6, 6.07) is 1.43. The van der Waals surface area contributed by atoms with E-state index in [0.717, 1.165) is 18.1 Å². The number of rotatable bonds is 23. The maximum atomic E-state index is 9.86. The molecule has 35 heavy (non-hydrogen) atoms. The van der Waals surface area contributed by atoms with E-state index in [1.165, 1.54) is 116 Å². The predicted octanol–water partition coefficient (Wildman–Crippen LogP) is 7.36. The average Bonchev–Trinajstić information content (AvgIpc) is 2.82. The van der Waals surface area contributed by atoms with Gasteiger partial charge < -0.3 is 14.1 Å². The molecule has 0 fully saturated rings. The highest BCUT2D eigenvalue weighted by Gasteiger charge is 2.37. The van der Waals surface area contributed by atoms with Crippen molar-refractivity contribution in [1.29, 1.82) is 0 Å². The first-order valence-corrected chi connectivity index (χ1v) is 16.0. The van der Waals surface area contributed by atoms with Crippen LogP contribution in [0.25, 0.3) is 0 Å². The van der Waals surface area contributed by atoms with Gasteiger partial charge in [-0.05, 0) is 38.5 Å². The zero-order valence-corrected chi connectivity index (χ0v) is 25.0. The molecule has 0 aromatic heterocycles. The van der Waals surface area contributed by atoms with Crippen molar-refractivity contribution in [2.24, 2.45) is 0 Å². The summed E-state index contributed by atoms with van der Waals surface area (Å²) in [5, 5.41) is 9.86. The summed E-state index contributed by atoms with van der Waals surface area (Å²) in [5.74, 6) is 0. The summed E-state index contributed by atoms with van der Waals surface area (Å²) >= 11 is 0. The summed E-state index contributed by atoms with van der Waals surface area (Å²) in [4.78, 5) is 0. The standard InChI is InChI=1S/C27H58NO.CH4O4S/c1-6-10-12-14-16-18-20-22-26(8-3)28(5,24-25-29)27(9-4)23-21-19-17-15-13-11-7-2;1-5-6(2,3)4/h26-27,29H,6-25H2,1-5H3;1H3,(H,2,3,4)/q+1;/p-1. The van der Waals surface area contributed by atoms with Gasteiger partial charge in [-0.1, -0.05) is 105 Å². The van der Waals surface area contributed by atoms with Crippen LogP contribution in [0.4, 0.5) is 0 Å². The Balaban J connectivity index is 0. The van der Waals surface area contributed by atoms with Crippen LogP contribution >= 0.6 is 0 Å². The van der Waals surface area contributed by atoms with Gasteiger partial charge in [0.25, 0.3) is 0 Å². The van der Waals surface area contributed by atoms with Gasteiger partial charge in [-0.2, -0.15) is 0 Å². The Morgan fingerprint density at radius 3 is 1.29 bits per heavy atom. The summed E-state index contributed by atoms with van der Waals surface area (Å²) in [7, 11) is -1.14. The van der Waals surface area contributed by atoms with E-state index >= 15 is 0 Å². The molecule has 7 heteroatoms. The molecule has 0 aliphatic carbocycles. The van der Waals surface area contributed by atoms with Crippen molar-refractivity contribution in [3.63, 3.8) is 0 Å². The van der Waals surface area contributed by atoms with Crippen LogP contribution in [0.3, 0.4) is 0 Å². The van der Waals surface area contributed by atoms with Crippen LogP contribution in [-0.4, -0.2) is 62.0 Å². The van der Waals surface area contributed by atoms with Crippen molar-refractivity contribution >= 4 is 10.4 Å². The Morgan fingerprint density at radius 2 is 1.03 bits per heavy atom. The molecule has 0 saturated carbocycles. The summed E-state index contributed by atoms with van der Waals surface area (Å²) in [5.41, 5.74) is 0. The highest BCUT2D eigenvalue weighted by molar-refractivity contribution is 7.80. The van der Waals surface area contributed by atoms with E-state index in [1.54, 1.807) is 0 Å². The van der Waals surface area contributed by atoms with Crippen molar-refractivity contribution in [2.45, 2.75) is 155 Å². The molecule has 0 radical (unpaired) electrons. The molecule has 6 nitrogen and oxygen atoms in total. The second-order valence-corrected chi connectivity index (χ2v) is 11.5. The fraction of sp³-hybridized carbons (Fsp3) is 1.00. The molecule has 2 unspecified atom stereocenters. The first kappa shape index (κ1) is 36.9. The third-order valence-electron chi connectivity index (χ3n) is 7.68. The number of hydrogen-bond acceptors (Lipinski definition) is 5. The lowest BCUT2D eigenvalue weighted by atomic mass is 9.94. The van der Waals surface area contributed by atoms with E-state index in [4.69, 9.17) is 0 Å². The van der Waals surface area contributed by atoms with E-state index in [1.807, 2.05) is 0 Å². The highest BCUT2D eigenvalue weighted by atomic mass is 32.3. The molecule has 0 aromatic carbocycles. The molecule has 214 valence electrons. The van der Waals surface area contributed by atoms with Crippen molar-refractivity contribution < 1.29 is 26.7 Å². The summed E-state index contributed by atoms with van der Waals surface area (Å²) in [6.07, 6.45) is 24.7. The molecular formula is C28H61NO5S. The Hall–Kier alpha value is -0.210. The minimum absolute atomic E-state index is 0.331. The molecule has 0 rings (SSSR count). The van der Waals surface area contributed by atoms with Crippen molar-refractivity contribution in [3.05, 3.63) is 0 Å². The maximum absolute atomic E-state index is 9.86. The van der Waals surface area contributed by atoms with Gasteiger partial charge in [-0.3, -0.25) is 4.18 Å². The Labute approximate surface area is 219 Å². The molecule has 0 aromatic rings. The van der Waals surface area contributed by atoms with Crippen LogP contribution in [0.1, 0.15) is 143 Å². The van der Waals surface area contributed by atoms with Crippen LogP contribution in [0, 0.1) is 0 Å². The van der Waals surface area contributed by atoms with Gasteiger partial charge in [0.15, 0.2) is 0 Å². The first-order chi connectivity index (χ1) is 16.7. The molecule has 2 atom stereocenters. The van der Waals surface area contributed by atoms with Gasteiger partial charge in [0.05, 0.1) is 32.8 Å². The molecule has 0 bridgehead atoms. The lowest BCUT2D eigenvalue weighted by Gasteiger charge is -2.47. The number of likely N-dealkylation sites (N-methyl/N-ethyl adjacent to an activating group) is 1. The third-order valence-corrected chi connectivity index (χ3v) is 8.09. The zero-order valence-electron chi connectivity index (χ0n) is 24.2. The number of nitrogens with zero attached hydrogens (tertiary/aromatic N) is 1. The largest absolute Gasteiger partial charge is 0.726 e. The van der Waals surface area contributed by atoms with Crippen LogP contribution in [0.15, 0.2) is 0 Å². The zero-order chi connectivity index (χ0) is 27.0. The molecular weight excluding hydrogens is 462 g/mol. The molecule has 0 amide bonds. The van der Waals surface area contributed by atoms with Crippen LogP contribution in [0.2, 0.25) is 0 Å². The first-order valence-electron chi connectivity index (χ1n) is 14.6. The van der Waals surface area contributed by atoms with Gasteiger partial charge in [0.1, 0.15) is 6.54 Å². The van der Waals surface area contributed by atoms with E-state index in [9.17, 15) is 18.1 Å². The van der Waals surface area contributed by atoms with E-state index in [2.05, 4.69) is 38.9 Å². The average molecular weight is 524 g/mol. The van der Waals surface area contributed by atoms with Gasteiger partial charge >= 0.3 is 0 Å². The fourth-order valence-electron chi connectivity index (χ4n) is 5.39. The lowest BCUT2D eigenvalue weighted by molar-refractivity contribution is -0.957. The summed E-state index contributed by atoms with van der Waals surface area (Å²) in [6.45, 7) is 10.6. The van der Waals surface area contributed by atoms with E-state index in [-0.39, 0.29) is 0 Å². The second kappa shape index (κ2) is 24.1. The number of hydrogen-bond donors (Lipinski definition) is 1.